The molecule has 2 aliphatic carbocycles. The Kier molecular flexibility index (Phi) is 4.80. The van der Waals surface area contributed by atoms with Crippen LogP contribution in [0.2, 0.25) is 0 Å². The van der Waals surface area contributed by atoms with E-state index in [9.17, 15) is 0 Å². The molecule has 0 saturated carbocycles. The first kappa shape index (κ1) is 28.9. The van der Waals surface area contributed by atoms with E-state index in [-0.39, 0.29) is 0 Å². The van der Waals surface area contributed by atoms with E-state index in [2.05, 4.69) is 201 Å². The zero-order chi connectivity index (χ0) is 36.8. The Morgan fingerprint density at radius 2 is 1.19 bits per heavy atom. The molecule has 0 saturated heterocycles. The summed E-state index contributed by atoms with van der Waals surface area (Å²) < 4.78 is 16.6. The van der Waals surface area contributed by atoms with E-state index in [1.54, 1.807) is 0 Å². The van der Waals surface area contributed by atoms with Crippen LogP contribution in [0.3, 0.4) is 0 Å². The van der Waals surface area contributed by atoms with Gasteiger partial charge in [0.2, 0.25) is 6.20 Å². The molecule has 0 N–H and O–H groups in total. The summed E-state index contributed by atoms with van der Waals surface area (Å²) in [6.45, 7) is 0. The van der Waals surface area contributed by atoms with Crippen molar-refractivity contribution in [3.8, 4) is 56.4 Å². The third-order valence-electron chi connectivity index (χ3n) is 13.8. The lowest BCUT2D eigenvalue weighted by atomic mass is 9.70. The van der Waals surface area contributed by atoms with Crippen molar-refractivity contribution in [3.63, 3.8) is 0 Å². The third kappa shape index (κ3) is 2.98. The fourth-order valence-corrected chi connectivity index (χ4v) is 11.8. The molecule has 0 radical (unpaired) electrons. The molecule has 6 heterocycles. The number of rotatable bonds is 1. The van der Waals surface area contributed by atoms with Crippen LogP contribution in [0.4, 0.5) is 0 Å². The molecule has 0 fully saturated rings. The lowest BCUT2D eigenvalue weighted by Gasteiger charge is -2.32. The number of para-hydroxylation sites is 1. The monoisotopic (exact) mass is 726 g/mol. The summed E-state index contributed by atoms with van der Waals surface area (Å²) in [5.74, 6) is 2.90. The first-order valence-electron chi connectivity index (χ1n) is 19.8. The molecular weight excluding hydrogens is 697 g/mol. The van der Waals surface area contributed by atoms with Gasteiger partial charge in [0, 0.05) is 16.8 Å². The number of fused-ring (bicyclic) bond motifs is 17. The first-order valence-corrected chi connectivity index (χ1v) is 19.8. The molecule has 3 aromatic heterocycles. The van der Waals surface area contributed by atoms with E-state index in [1.165, 1.54) is 77.4 Å². The van der Waals surface area contributed by atoms with Crippen molar-refractivity contribution in [2.45, 2.75) is 11.1 Å². The molecule has 10 aromatic rings. The zero-order valence-electron chi connectivity index (χ0n) is 30.5. The quantitative estimate of drug-likeness (QED) is 0.155. The highest BCUT2D eigenvalue weighted by molar-refractivity contribution is 6.11. The van der Waals surface area contributed by atoms with Gasteiger partial charge in [-0.1, -0.05) is 114 Å². The molecular formula is C52H30N4O+2. The Morgan fingerprint density at radius 1 is 0.509 bits per heavy atom. The van der Waals surface area contributed by atoms with Gasteiger partial charge in [-0.25, -0.2) is 0 Å². The highest BCUT2D eigenvalue weighted by atomic mass is 16.5. The molecule has 5 heteroatoms. The van der Waals surface area contributed by atoms with E-state index in [4.69, 9.17) is 4.74 Å². The van der Waals surface area contributed by atoms with E-state index in [0.29, 0.717) is 0 Å². The fourth-order valence-electron chi connectivity index (χ4n) is 11.8. The number of pyridine rings is 1. The number of nitrogens with zero attached hydrogens (tertiary/aromatic N) is 4. The molecule has 5 aliphatic rings. The van der Waals surface area contributed by atoms with Crippen LogP contribution in [-0.2, 0) is 11.1 Å². The van der Waals surface area contributed by atoms with Gasteiger partial charge in [0.15, 0.2) is 11.1 Å². The van der Waals surface area contributed by atoms with Gasteiger partial charge in [-0.3, -0.25) is 0 Å². The molecule has 262 valence electrons. The summed E-state index contributed by atoms with van der Waals surface area (Å²) in [6.07, 6.45) is 6.97. The summed E-state index contributed by atoms with van der Waals surface area (Å²) in [4.78, 5) is 0. The average Bonchev–Trinajstić information content (AvgIpc) is 4.06. The second-order valence-corrected chi connectivity index (χ2v) is 16.1. The summed E-state index contributed by atoms with van der Waals surface area (Å²) in [5.41, 5.74) is 17.7. The molecule has 0 amide bonds. The lowest BCUT2D eigenvalue weighted by Crippen LogP contribution is -2.76. The first-order chi connectivity index (χ1) is 28.3. The number of hydrogen-bond donors (Lipinski definition) is 0. The van der Waals surface area contributed by atoms with Crippen LogP contribution in [0.25, 0.3) is 66.7 Å². The minimum absolute atomic E-state index is 0.401. The van der Waals surface area contributed by atoms with Gasteiger partial charge in [0.25, 0.3) is 5.82 Å². The predicted octanol–water partition coefficient (Wildman–Crippen LogP) is 10.2. The number of aromatic nitrogens is 4. The van der Waals surface area contributed by atoms with Crippen molar-refractivity contribution >= 4 is 21.8 Å². The second kappa shape index (κ2) is 9.47. The van der Waals surface area contributed by atoms with Crippen LogP contribution < -0.4 is 14.0 Å². The summed E-state index contributed by atoms with van der Waals surface area (Å²) in [5, 5.41) is 2.47. The largest absolute Gasteiger partial charge is 0.456 e. The minimum Gasteiger partial charge on any atom is -0.456 e. The average molecular weight is 727 g/mol. The van der Waals surface area contributed by atoms with Crippen molar-refractivity contribution in [3.05, 3.63) is 216 Å². The van der Waals surface area contributed by atoms with Crippen molar-refractivity contribution in [2.24, 2.45) is 0 Å². The van der Waals surface area contributed by atoms with Gasteiger partial charge in [-0.2, -0.15) is 9.13 Å². The highest BCUT2D eigenvalue weighted by Gasteiger charge is 2.68. The van der Waals surface area contributed by atoms with Crippen LogP contribution in [0.5, 0.6) is 11.5 Å². The topological polar surface area (TPSA) is 26.8 Å². The Morgan fingerprint density at radius 3 is 1.98 bits per heavy atom. The van der Waals surface area contributed by atoms with Gasteiger partial charge >= 0.3 is 5.66 Å². The molecule has 7 aromatic carbocycles. The van der Waals surface area contributed by atoms with Crippen LogP contribution in [0.15, 0.2) is 182 Å². The maximum absolute atomic E-state index is 6.90. The molecule has 0 bridgehead atoms. The third-order valence-corrected chi connectivity index (χ3v) is 13.8. The Hall–Kier alpha value is -7.50. The summed E-state index contributed by atoms with van der Waals surface area (Å²) in [7, 11) is 0. The van der Waals surface area contributed by atoms with Gasteiger partial charge in [0.1, 0.15) is 28.3 Å². The van der Waals surface area contributed by atoms with Crippen LogP contribution in [-0.4, -0.2) is 9.25 Å². The van der Waals surface area contributed by atoms with Crippen LogP contribution in [0, 0.1) is 0 Å². The smallest absolute Gasteiger partial charge is 0.397 e. The lowest BCUT2D eigenvalue weighted by molar-refractivity contribution is -0.993. The normalized spacial score (nSPS) is 17.1. The maximum Gasteiger partial charge on any atom is 0.397 e. The van der Waals surface area contributed by atoms with E-state index < -0.39 is 11.1 Å². The number of hydrogen-bond acceptors (Lipinski definition) is 1. The Balaban J connectivity index is 1.03. The van der Waals surface area contributed by atoms with Crippen LogP contribution >= 0.6 is 0 Å². The van der Waals surface area contributed by atoms with Crippen molar-refractivity contribution in [2.75, 3.05) is 0 Å². The zero-order valence-corrected chi connectivity index (χ0v) is 30.5. The van der Waals surface area contributed by atoms with Crippen LogP contribution in [0.1, 0.15) is 33.4 Å². The maximum atomic E-state index is 6.90. The van der Waals surface area contributed by atoms with Gasteiger partial charge in [0.05, 0.1) is 23.4 Å². The molecule has 2 spiro atoms. The molecule has 15 rings (SSSR count). The standard InChI is InChI=1S/C52H30N4O/c1-5-16-39-33(12-1)34-13-2-6-17-40(34)51(39)41-18-7-3-14-35(41)36-24-23-31(28-42(36)51)32-29-54-44-20-11-21-45-48(44)52(55(54)30-32)49-46(57-45)26-25-38-37-15-4-8-19-43(37)56(50(38)49)47-22-9-10-27-53(47)52/h1-30H/q+2. The van der Waals surface area contributed by atoms with Gasteiger partial charge < -0.3 is 4.74 Å². The van der Waals surface area contributed by atoms with Crippen molar-refractivity contribution in [1.29, 1.82) is 0 Å². The molecule has 5 nitrogen and oxygen atoms in total. The molecule has 3 aliphatic heterocycles. The highest BCUT2D eigenvalue weighted by Crippen LogP contribution is 2.63. The van der Waals surface area contributed by atoms with Crippen molar-refractivity contribution < 1.29 is 14.0 Å². The van der Waals surface area contributed by atoms with Crippen molar-refractivity contribution in [1.82, 2.24) is 9.25 Å². The Labute approximate surface area is 327 Å². The van der Waals surface area contributed by atoms with Gasteiger partial charge in [-0.05, 0) is 98.6 Å². The summed E-state index contributed by atoms with van der Waals surface area (Å²) >= 11 is 0. The minimum atomic E-state index is -0.726. The van der Waals surface area contributed by atoms with E-state index >= 15 is 0 Å². The fraction of sp³-hybridized carbons (Fsp3) is 0.0385. The molecule has 1 atom stereocenters. The SMILES string of the molecule is c1ccc2c(c1)-c1ccccc1C21c2ccccc2-c2ccc(-c3cn4[n+](c3)C35c6c(cccc6-4)Oc4ccc6c7ccccc7n(c6c43)-c3cccc[n+]35)cc21. The second-order valence-electron chi connectivity index (χ2n) is 16.1. The van der Waals surface area contributed by atoms with E-state index in [1.807, 2.05) is 0 Å². The summed E-state index contributed by atoms with van der Waals surface area (Å²) in [6, 6.07) is 60.6. The predicted molar refractivity (Wildman–Crippen MR) is 220 cm³/mol. The molecule has 57 heavy (non-hydrogen) atoms. The Bertz CT molecular complexity index is 3470. The number of ether oxygens (including phenoxy) is 1. The number of benzene rings is 7. The van der Waals surface area contributed by atoms with E-state index in [0.717, 1.165) is 34.1 Å². The van der Waals surface area contributed by atoms with Gasteiger partial charge in [-0.15, -0.1) is 4.68 Å². The molecule has 1 unspecified atom stereocenters.